The molecule has 0 heterocycles. The third-order valence-corrected chi connectivity index (χ3v) is 4.97. The average molecular weight is 561 g/mol. The zero-order valence-electron chi connectivity index (χ0n) is 24.2. The molecule has 0 amide bonds. The van der Waals surface area contributed by atoms with Gasteiger partial charge in [-0.1, -0.05) is 26.7 Å². The molecule has 0 fully saturated rings. The molecular formula is C27H44O12. The van der Waals surface area contributed by atoms with E-state index < -0.39 is 41.6 Å². The Labute approximate surface area is 230 Å². The number of esters is 3. The Morgan fingerprint density at radius 1 is 0.564 bits per heavy atom. The van der Waals surface area contributed by atoms with Gasteiger partial charge in [-0.3, -0.25) is 0 Å². The zero-order valence-corrected chi connectivity index (χ0v) is 24.2. The minimum atomic E-state index is -0.799. The van der Waals surface area contributed by atoms with Crippen LogP contribution in [0.15, 0.2) is 36.5 Å². The fraction of sp³-hybridized carbons (Fsp3) is 0.667. The molecule has 0 aromatic heterocycles. The Morgan fingerprint density at radius 3 is 1.03 bits per heavy atom. The molecule has 3 unspecified atom stereocenters. The van der Waals surface area contributed by atoms with Crippen LogP contribution in [0, 0.1) is 5.41 Å². The van der Waals surface area contributed by atoms with E-state index in [1.165, 1.54) is 0 Å². The molecule has 3 atom stereocenters. The highest BCUT2D eigenvalue weighted by atomic mass is 17.2. The summed E-state index contributed by atoms with van der Waals surface area (Å²) in [4.78, 5) is 66.7. The van der Waals surface area contributed by atoms with E-state index in [-0.39, 0.29) is 56.4 Å². The van der Waals surface area contributed by atoms with E-state index in [9.17, 15) is 14.4 Å². The van der Waals surface area contributed by atoms with Crippen LogP contribution >= 0.6 is 0 Å². The van der Waals surface area contributed by atoms with Crippen LogP contribution in [0.4, 0.5) is 0 Å². The summed E-state index contributed by atoms with van der Waals surface area (Å²) in [5.74, 6) is -1.59. The van der Waals surface area contributed by atoms with Crippen LogP contribution in [0.1, 0.15) is 54.9 Å². The number of hydrogen-bond donors (Lipinski definition) is 0. The van der Waals surface area contributed by atoms with E-state index in [0.29, 0.717) is 6.42 Å². The van der Waals surface area contributed by atoms with Gasteiger partial charge in [0.25, 0.3) is 0 Å². The summed E-state index contributed by atoms with van der Waals surface area (Å²) in [7, 11) is 0. The van der Waals surface area contributed by atoms with Crippen molar-refractivity contribution >= 4 is 17.9 Å². The zero-order chi connectivity index (χ0) is 30.0. The van der Waals surface area contributed by atoms with Crippen molar-refractivity contribution in [1.29, 1.82) is 0 Å². The van der Waals surface area contributed by atoms with Gasteiger partial charge in [-0.15, -0.1) is 0 Å². The van der Waals surface area contributed by atoms with Crippen molar-refractivity contribution in [2.24, 2.45) is 5.41 Å². The molecule has 0 saturated heterocycles. The van der Waals surface area contributed by atoms with Crippen molar-refractivity contribution in [3.63, 3.8) is 0 Å². The highest BCUT2D eigenvalue weighted by molar-refractivity contribution is 5.87. The van der Waals surface area contributed by atoms with Crippen LogP contribution in [0.25, 0.3) is 0 Å². The predicted molar refractivity (Wildman–Crippen MR) is 140 cm³/mol. The van der Waals surface area contributed by atoms with E-state index in [0.717, 1.165) is 0 Å². The summed E-state index contributed by atoms with van der Waals surface area (Å²) in [6.07, 6.45) is -1.23. The Hall–Kier alpha value is -2.61. The van der Waals surface area contributed by atoms with E-state index in [2.05, 4.69) is 19.7 Å². The fourth-order valence-corrected chi connectivity index (χ4v) is 2.31. The van der Waals surface area contributed by atoms with E-state index in [1.807, 2.05) is 6.92 Å². The topological polar surface area (TPSA) is 134 Å². The van der Waals surface area contributed by atoms with Crippen molar-refractivity contribution < 1.29 is 57.9 Å². The summed E-state index contributed by atoms with van der Waals surface area (Å²) in [6.45, 7) is 22.0. The third kappa shape index (κ3) is 16.9. The molecule has 0 aromatic carbocycles. The van der Waals surface area contributed by atoms with Crippen molar-refractivity contribution in [3.05, 3.63) is 36.5 Å². The maximum Gasteiger partial charge on any atom is 0.333 e. The quantitative estimate of drug-likeness (QED) is 0.0476. The highest BCUT2D eigenvalue weighted by Crippen LogP contribution is 2.25. The van der Waals surface area contributed by atoms with Crippen molar-refractivity contribution in [2.45, 2.75) is 73.2 Å². The molecule has 0 spiro atoms. The van der Waals surface area contributed by atoms with Gasteiger partial charge in [-0.2, -0.15) is 0 Å². The van der Waals surface area contributed by atoms with Gasteiger partial charge in [0.2, 0.25) is 0 Å². The van der Waals surface area contributed by atoms with Crippen LogP contribution < -0.4 is 0 Å². The SMILES string of the molecule is C=C(C)C(=O)OC(C)COOCC(CC)(COOCC(C)OC(=O)C(=C)C)COOCC(C)OC(=O)C(=C)C. The molecule has 0 aliphatic rings. The number of carbonyl (C=O) groups is 3. The first kappa shape index (κ1) is 36.4. The molecule has 39 heavy (non-hydrogen) atoms. The lowest BCUT2D eigenvalue weighted by molar-refractivity contribution is -0.374. The molecule has 0 N–H and O–H groups in total. The highest BCUT2D eigenvalue weighted by Gasteiger charge is 2.32. The average Bonchev–Trinajstić information content (AvgIpc) is 2.86. The van der Waals surface area contributed by atoms with Gasteiger partial charge >= 0.3 is 17.9 Å². The van der Waals surface area contributed by atoms with Gasteiger partial charge in [0, 0.05) is 22.1 Å². The van der Waals surface area contributed by atoms with E-state index in [4.69, 9.17) is 43.5 Å². The number of rotatable bonds is 22. The maximum atomic E-state index is 11.6. The number of hydrogen-bond acceptors (Lipinski definition) is 12. The second kappa shape index (κ2) is 19.4. The summed E-state index contributed by atoms with van der Waals surface area (Å²) in [6, 6.07) is 0. The molecule has 0 bridgehead atoms. The van der Waals surface area contributed by atoms with Crippen LogP contribution in [0.3, 0.4) is 0 Å². The normalized spacial score (nSPS) is 14.8. The van der Waals surface area contributed by atoms with Gasteiger partial charge < -0.3 is 14.2 Å². The van der Waals surface area contributed by atoms with Crippen LogP contribution in [-0.4, -0.2) is 75.9 Å². The van der Waals surface area contributed by atoms with Crippen molar-refractivity contribution in [1.82, 2.24) is 0 Å². The fourth-order valence-electron chi connectivity index (χ4n) is 2.31. The molecule has 0 aliphatic heterocycles. The number of ether oxygens (including phenoxy) is 3. The van der Waals surface area contributed by atoms with Gasteiger partial charge in [0.15, 0.2) is 0 Å². The molecule has 0 aliphatic carbocycles. The Bertz CT molecular complexity index is 719. The largest absolute Gasteiger partial charge is 0.457 e. The molecule has 0 radical (unpaired) electrons. The van der Waals surface area contributed by atoms with Crippen LogP contribution in [0.2, 0.25) is 0 Å². The summed E-state index contributed by atoms with van der Waals surface area (Å²) >= 11 is 0. The second-order valence-corrected chi connectivity index (χ2v) is 9.48. The molecule has 224 valence electrons. The minimum absolute atomic E-state index is 0.00221. The molecular weight excluding hydrogens is 516 g/mol. The minimum Gasteiger partial charge on any atom is -0.457 e. The van der Waals surface area contributed by atoms with E-state index in [1.54, 1.807) is 41.5 Å². The second-order valence-electron chi connectivity index (χ2n) is 9.48. The van der Waals surface area contributed by atoms with E-state index >= 15 is 0 Å². The smallest absolute Gasteiger partial charge is 0.333 e. The standard InChI is InChI=1S/C27H44O12/c1-11-27(15-34-31-12-21(8)37-24(28)18(2)3,16-35-32-13-22(9)38-25(29)19(4)5)17-36-33-14-23(10)39-26(30)20(6)7/h21-23H,2,4,6,11-17H2,1,3,5,7-10H3. The third-order valence-electron chi connectivity index (χ3n) is 4.97. The summed E-state index contributed by atoms with van der Waals surface area (Å²) in [5.41, 5.74) is 0.0193. The first-order valence-electron chi connectivity index (χ1n) is 12.6. The lowest BCUT2D eigenvalue weighted by Crippen LogP contribution is -2.38. The molecule has 0 saturated carbocycles. The Morgan fingerprint density at radius 2 is 0.821 bits per heavy atom. The molecule has 0 aromatic rings. The maximum absolute atomic E-state index is 11.6. The van der Waals surface area contributed by atoms with Gasteiger partial charge in [0.05, 0.1) is 19.8 Å². The first-order chi connectivity index (χ1) is 18.2. The number of carbonyl (C=O) groups excluding carboxylic acids is 3. The monoisotopic (exact) mass is 560 g/mol. The van der Waals surface area contributed by atoms with Gasteiger partial charge in [-0.05, 0) is 48.0 Å². The van der Waals surface area contributed by atoms with Crippen LogP contribution in [0.5, 0.6) is 0 Å². The lowest BCUT2D eigenvalue weighted by Gasteiger charge is -2.30. The first-order valence-corrected chi connectivity index (χ1v) is 12.6. The Kier molecular flexibility index (Phi) is 18.1. The lowest BCUT2D eigenvalue weighted by atomic mass is 9.88. The van der Waals surface area contributed by atoms with Crippen LogP contribution in [-0.2, 0) is 57.9 Å². The molecule has 0 rings (SSSR count). The summed E-state index contributed by atoms with van der Waals surface area (Å²) in [5, 5.41) is 0. The molecule has 12 nitrogen and oxygen atoms in total. The Balaban J connectivity index is 4.90. The summed E-state index contributed by atoms with van der Waals surface area (Å²) < 4.78 is 15.4. The predicted octanol–water partition coefficient (Wildman–Crippen LogP) is 3.75. The van der Waals surface area contributed by atoms with Gasteiger partial charge in [-0.25, -0.2) is 43.7 Å². The van der Waals surface area contributed by atoms with Crippen molar-refractivity contribution in [3.8, 4) is 0 Å². The molecule has 12 heteroatoms. The van der Waals surface area contributed by atoms with Gasteiger partial charge in [0.1, 0.15) is 38.1 Å². The van der Waals surface area contributed by atoms with Crippen molar-refractivity contribution in [2.75, 3.05) is 39.6 Å².